The quantitative estimate of drug-likeness (QED) is 0.847. The topological polar surface area (TPSA) is 63.9 Å². The molecule has 2 aromatic heterocycles. The second-order valence-electron chi connectivity index (χ2n) is 4.99. The van der Waals surface area contributed by atoms with E-state index in [-0.39, 0.29) is 18.5 Å². The first kappa shape index (κ1) is 12.8. The molecule has 1 amide bonds. The summed E-state index contributed by atoms with van der Waals surface area (Å²) in [5.74, 6) is 0.0974. The van der Waals surface area contributed by atoms with Crippen LogP contribution < -0.4 is 0 Å². The maximum atomic E-state index is 12.5. The van der Waals surface area contributed by atoms with E-state index in [1.165, 1.54) is 0 Å². The minimum Gasteiger partial charge on any atom is -0.333 e. The van der Waals surface area contributed by atoms with E-state index in [9.17, 15) is 4.79 Å². The van der Waals surface area contributed by atoms with Gasteiger partial charge in [-0.1, -0.05) is 6.07 Å². The van der Waals surface area contributed by atoms with E-state index in [0.717, 1.165) is 31.5 Å². The largest absolute Gasteiger partial charge is 0.333 e. The summed E-state index contributed by atoms with van der Waals surface area (Å²) in [6, 6.07) is 5.96. The third-order valence-corrected chi connectivity index (χ3v) is 3.64. The van der Waals surface area contributed by atoms with Crippen molar-refractivity contribution in [1.82, 2.24) is 24.6 Å². The molecule has 0 saturated carbocycles. The lowest BCUT2D eigenvalue weighted by Crippen LogP contribution is -2.40. The highest BCUT2D eigenvalue weighted by Crippen LogP contribution is 2.29. The zero-order valence-corrected chi connectivity index (χ0v) is 11.2. The molecule has 104 valence electrons. The highest BCUT2D eigenvalue weighted by Gasteiger charge is 2.28. The summed E-state index contributed by atoms with van der Waals surface area (Å²) in [5, 5.41) is 7.45. The molecule has 0 aliphatic carbocycles. The van der Waals surface area contributed by atoms with E-state index < -0.39 is 0 Å². The van der Waals surface area contributed by atoms with Gasteiger partial charge in [0.15, 0.2) is 0 Å². The first-order chi connectivity index (χ1) is 9.84. The van der Waals surface area contributed by atoms with E-state index in [1.54, 1.807) is 23.4 Å². The zero-order valence-electron chi connectivity index (χ0n) is 11.2. The molecule has 1 aliphatic rings. The molecule has 0 aromatic carbocycles. The number of carbonyl (C=O) groups excluding carboxylic acids is 1. The minimum atomic E-state index is 0.0916. The number of likely N-dealkylation sites (tertiary alicyclic amines) is 1. The Morgan fingerprint density at radius 1 is 1.25 bits per heavy atom. The Morgan fingerprint density at radius 3 is 2.85 bits per heavy atom. The molecular formula is C14H17N5O. The van der Waals surface area contributed by atoms with E-state index in [4.69, 9.17) is 0 Å². The maximum absolute atomic E-state index is 12.5. The molecule has 1 fully saturated rings. The van der Waals surface area contributed by atoms with Gasteiger partial charge in [0.2, 0.25) is 5.91 Å². The molecular weight excluding hydrogens is 254 g/mol. The molecule has 2 aromatic rings. The summed E-state index contributed by atoms with van der Waals surface area (Å²) < 4.78 is 1.70. The van der Waals surface area contributed by atoms with Crippen molar-refractivity contribution < 1.29 is 4.79 Å². The molecule has 1 atom stereocenters. The summed E-state index contributed by atoms with van der Waals surface area (Å²) in [7, 11) is 0. The molecule has 1 saturated heterocycles. The van der Waals surface area contributed by atoms with Crippen LogP contribution in [-0.4, -0.2) is 37.1 Å². The van der Waals surface area contributed by atoms with Gasteiger partial charge in [0.25, 0.3) is 0 Å². The smallest absolute Gasteiger partial charge is 0.243 e. The van der Waals surface area contributed by atoms with Gasteiger partial charge in [-0.3, -0.25) is 9.78 Å². The van der Waals surface area contributed by atoms with Gasteiger partial charge in [0.05, 0.1) is 11.7 Å². The van der Waals surface area contributed by atoms with Gasteiger partial charge in [-0.2, -0.15) is 0 Å². The predicted molar refractivity (Wildman–Crippen MR) is 72.6 cm³/mol. The maximum Gasteiger partial charge on any atom is 0.243 e. The number of hydrogen-bond donors (Lipinski definition) is 0. The van der Waals surface area contributed by atoms with Crippen LogP contribution in [0.4, 0.5) is 0 Å². The fourth-order valence-corrected chi connectivity index (χ4v) is 2.66. The molecule has 3 rings (SSSR count). The molecule has 1 aliphatic heterocycles. The van der Waals surface area contributed by atoms with Crippen LogP contribution in [0.1, 0.15) is 31.0 Å². The van der Waals surface area contributed by atoms with Crippen LogP contribution in [0.5, 0.6) is 0 Å². The first-order valence-corrected chi connectivity index (χ1v) is 6.87. The number of nitrogens with zero attached hydrogens (tertiary/aromatic N) is 5. The van der Waals surface area contributed by atoms with E-state index in [2.05, 4.69) is 15.2 Å². The van der Waals surface area contributed by atoms with Crippen molar-refractivity contribution in [2.45, 2.75) is 31.8 Å². The summed E-state index contributed by atoms with van der Waals surface area (Å²) in [5.41, 5.74) is 0.976. The lowest BCUT2D eigenvalue weighted by atomic mass is 9.98. The number of aromatic nitrogens is 4. The van der Waals surface area contributed by atoms with Crippen molar-refractivity contribution in [1.29, 1.82) is 0 Å². The average Bonchev–Trinajstić information content (AvgIpc) is 3.01. The van der Waals surface area contributed by atoms with Crippen molar-refractivity contribution in [2.75, 3.05) is 6.54 Å². The minimum absolute atomic E-state index is 0.0916. The molecule has 6 nitrogen and oxygen atoms in total. The number of pyridine rings is 1. The highest BCUT2D eigenvalue weighted by atomic mass is 16.2. The fourth-order valence-electron chi connectivity index (χ4n) is 2.66. The zero-order chi connectivity index (χ0) is 13.8. The molecule has 0 bridgehead atoms. The average molecular weight is 271 g/mol. The summed E-state index contributed by atoms with van der Waals surface area (Å²) >= 11 is 0. The van der Waals surface area contributed by atoms with Gasteiger partial charge < -0.3 is 9.47 Å². The Bertz CT molecular complexity index is 554. The SMILES string of the molecule is O=C(Cn1cnnc1)N1CCCCC1c1ccccn1. The summed E-state index contributed by atoms with van der Waals surface area (Å²) in [6.07, 6.45) is 8.08. The van der Waals surface area contributed by atoms with Crippen LogP contribution in [-0.2, 0) is 11.3 Å². The third kappa shape index (κ3) is 2.68. The number of carbonyl (C=O) groups is 1. The van der Waals surface area contributed by atoms with Crippen molar-refractivity contribution >= 4 is 5.91 Å². The van der Waals surface area contributed by atoms with Gasteiger partial charge in [0, 0.05) is 12.7 Å². The number of amides is 1. The summed E-state index contributed by atoms with van der Waals surface area (Å²) in [6.45, 7) is 1.08. The van der Waals surface area contributed by atoms with Crippen LogP contribution in [0.3, 0.4) is 0 Å². The van der Waals surface area contributed by atoms with Crippen LogP contribution in [0.25, 0.3) is 0 Å². The van der Waals surface area contributed by atoms with Gasteiger partial charge in [-0.15, -0.1) is 10.2 Å². The van der Waals surface area contributed by atoms with Crippen LogP contribution in [0, 0.1) is 0 Å². The number of piperidine rings is 1. The van der Waals surface area contributed by atoms with Crippen molar-refractivity contribution in [2.24, 2.45) is 0 Å². The fraction of sp³-hybridized carbons (Fsp3) is 0.429. The molecule has 6 heteroatoms. The van der Waals surface area contributed by atoms with Gasteiger partial charge in [0.1, 0.15) is 19.2 Å². The van der Waals surface area contributed by atoms with E-state index >= 15 is 0 Å². The van der Waals surface area contributed by atoms with E-state index in [0.29, 0.717) is 0 Å². The summed E-state index contributed by atoms with van der Waals surface area (Å²) in [4.78, 5) is 18.8. The van der Waals surface area contributed by atoms with Crippen molar-refractivity contribution in [3.8, 4) is 0 Å². The second-order valence-corrected chi connectivity index (χ2v) is 4.99. The molecule has 1 unspecified atom stereocenters. The second kappa shape index (κ2) is 5.81. The lowest BCUT2D eigenvalue weighted by molar-refractivity contribution is -0.135. The van der Waals surface area contributed by atoms with Gasteiger partial charge in [-0.25, -0.2) is 0 Å². The van der Waals surface area contributed by atoms with Crippen LogP contribution in [0.15, 0.2) is 37.1 Å². The molecule has 0 N–H and O–H groups in total. The Hall–Kier alpha value is -2.24. The molecule has 0 spiro atoms. The number of hydrogen-bond acceptors (Lipinski definition) is 4. The Balaban J connectivity index is 1.77. The van der Waals surface area contributed by atoms with Crippen LogP contribution in [0.2, 0.25) is 0 Å². The van der Waals surface area contributed by atoms with Crippen molar-refractivity contribution in [3.63, 3.8) is 0 Å². The van der Waals surface area contributed by atoms with Crippen LogP contribution >= 0.6 is 0 Å². The predicted octanol–water partition coefficient (Wildman–Crippen LogP) is 1.43. The number of rotatable bonds is 3. The van der Waals surface area contributed by atoms with Crippen molar-refractivity contribution in [3.05, 3.63) is 42.7 Å². The third-order valence-electron chi connectivity index (χ3n) is 3.64. The normalized spacial score (nSPS) is 19.0. The first-order valence-electron chi connectivity index (χ1n) is 6.87. The van der Waals surface area contributed by atoms with Gasteiger partial charge >= 0.3 is 0 Å². The monoisotopic (exact) mass is 271 g/mol. The standard InChI is InChI=1S/C14H17N5O/c20-14(9-18-10-16-17-11-18)19-8-4-2-6-13(19)12-5-1-3-7-15-12/h1,3,5,7,10-11,13H,2,4,6,8-9H2. The molecule has 20 heavy (non-hydrogen) atoms. The molecule has 3 heterocycles. The van der Waals surface area contributed by atoms with Gasteiger partial charge in [-0.05, 0) is 31.4 Å². The Morgan fingerprint density at radius 2 is 2.10 bits per heavy atom. The highest BCUT2D eigenvalue weighted by molar-refractivity contribution is 5.76. The Labute approximate surface area is 117 Å². The lowest BCUT2D eigenvalue weighted by Gasteiger charge is -2.35. The molecule has 0 radical (unpaired) electrons. The Kier molecular flexibility index (Phi) is 3.71. The van der Waals surface area contributed by atoms with E-state index in [1.807, 2.05) is 23.1 Å².